The van der Waals surface area contributed by atoms with Crippen molar-refractivity contribution in [1.82, 2.24) is 5.23 Å². The molecule has 0 aromatic rings. The van der Waals surface area contributed by atoms with Gasteiger partial charge in [0.15, 0.2) is 7.98 Å². The van der Waals surface area contributed by atoms with Crippen LogP contribution in [-0.4, -0.2) is 26.7 Å². The molecule has 1 unspecified atom stereocenters. The minimum absolute atomic E-state index is 0.127. The summed E-state index contributed by atoms with van der Waals surface area (Å²) in [7, 11) is 6.92. The maximum atomic E-state index is 5.25. The minimum Gasteiger partial charge on any atom is -0.380 e. The highest BCUT2D eigenvalue weighted by Crippen LogP contribution is 2.09. The summed E-state index contributed by atoms with van der Waals surface area (Å²) in [5, 5.41) is 2.67. The van der Waals surface area contributed by atoms with E-state index in [2.05, 4.69) is 5.23 Å². The maximum absolute atomic E-state index is 5.25. The van der Waals surface area contributed by atoms with Gasteiger partial charge in [-0.15, -0.1) is 0 Å². The molecule has 0 heterocycles. The van der Waals surface area contributed by atoms with E-state index in [0.29, 0.717) is 0 Å². The van der Waals surface area contributed by atoms with Crippen molar-refractivity contribution >= 4 is 7.98 Å². The van der Waals surface area contributed by atoms with Crippen LogP contribution in [-0.2, 0) is 4.74 Å². The number of nitrogens with one attached hydrogen (secondary N) is 1. The van der Waals surface area contributed by atoms with Gasteiger partial charge in [-0.05, 0) is 20.8 Å². The van der Waals surface area contributed by atoms with E-state index in [0.717, 1.165) is 0 Å². The maximum Gasteiger partial charge on any atom is 0.178 e. The largest absolute Gasteiger partial charge is 0.380 e. The van der Waals surface area contributed by atoms with E-state index < -0.39 is 0 Å². The first-order valence-electron chi connectivity index (χ1n) is 3.05. The quantitative estimate of drug-likeness (QED) is 0.556. The first-order valence-corrected chi connectivity index (χ1v) is 3.05. The van der Waals surface area contributed by atoms with E-state index in [9.17, 15) is 0 Å². The lowest BCUT2D eigenvalue weighted by molar-refractivity contribution is 0.0573. The molecule has 0 fully saturated rings. The summed E-state index contributed by atoms with van der Waals surface area (Å²) in [6.07, 6.45) is 0.127. The van der Waals surface area contributed by atoms with Gasteiger partial charge in [0.05, 0.1) is 6.10 Å². The lowest BCUT2D eigenvalue weighted by Gasteiger charge is -2.30. The summed E-state index contributed by atoms with van der Waals surface area (Å²) in [6.45, 7) is 5.95. The van der Waals surface area contributed by atoms with Crippen LogP contribution in [0.2, 0.25) is 0 Å². The summed E-state index contributed by atoms with van der Waals surface area (Å²) >= 11 is 0. The van der Waals surface area contributed by atoms with E-state index in [1.54, 1.807) is 7.11 Å². The zero-order chi connectivity index (χ0) is 7.49. The lowest BCUT2D eigenvalue weighted by Crippen LogP contribution is -2.47. The fourth-order valence-electron chi connectivity index (χ4n) is 0.412. The predicted molar refractivity (Wildman–Crippen MR) is 39.4 cm³/mol. The molecule has 0 bridgehead atoms. The second kappa shape index (κ2) is 3.23. The first kappa shape index (κ1) is 8.98. The molecule has 0 amide bonds. The Morgan fingerprint density at radius 3 is 2.11 bits per heavy atom. The molecular formula is C6H14BNO. The van der Waals surface area contributed by atoms with E-state index in [-0.39, 0.29) is 11.6 Å². The smallest absolute Gasteiger partial charge is 0.178 e. The molecule has 0 aromatic carbocycles. The molecule has 0 aliphatic carbocycles. The van der Waals surface area contributed by atoms with E-state index in [1.165, 1.54) is 0 Å². The first-order chi connectivity index (χ1) is 4.04. The fourth-order valence-corrected chi connectivity index (χ4v) is 0.412. The molecule has 1 N–H and O–H groups in total. The van der Waals surface area contributed by atoms with E-state index in [1.807, 2.05) is 20.8 Å². The molecule has 0 aromatic heterocycles. The molecule has 9 heavy (non-hydrogen) atoms. The van der Waals surface area contributed by atoms with Crippen molar-refractivity contribution in [2.75, 3.05) is 7.11 Å². The van der Waals surface area contributed by atoms with Crippen molar-refractivity contribution in [3.05, 3.63) is 0 Å². The van der Waals surface area contributed by atoms with E-state index in [4.69, 9.17) is 12.7 Å². The molecule has 1 atom stereocenters. The highest BCUT2D eigenvalue weighted by atomic mass is 16.5. The standard InChI is InChI=1S/C6H14BNO/c1-5(9-4)6(2,3)8-7/h5,8H,1-4H3. The van der Waals surface area contributed by atoms with Gasteiger partial charge in [0.2, 0.25) is 0 Å². The van der Waals surface area contributed by atoms with Gasteiger partial charge >= 0.3 is 0 Å². The third kappa shape index (κ3) is 2.37. The molecule has 0 aliphatic heterocycles. The van der Waals surface area contributed by atoms with Gasteiger partial charge in [-0.2, -0.15) is 0 Å². The van der Waals surface area contributed by atoms with Gasteiger partial charge in [0.1, 0.15) is 0 Å². The Hall–Kier alpha value is -0.0151. The number of hydrogen-bond donors (Lipinski definition) is 1. The Bertz CT molecular complexity index is 85.1. The normalized spacial score (nSPS) is 15.6. The summed E-state index contributed by atoms with van der Waals surface area (Å²) in [6, 6.07) is 0. The third-order valence-corrected chi connectivity index (χ3v) is 1.74. The SMILES string of the molecule is [B]NC(C)(C)C(C)OC. The number of methoxy groups -OCH3 is 1. The van der Waals surface area contributed by atoms with Gasteiger partial charge < -0.3 is 9.96 Å². The van der Waals surface area contributed by atoms with Gasteiger partial charge in [0, 0.05) is 12.6 Å². The van der Waals surface area contributed by atoms with Crippen LogP contribution in [0.5, 0.6) is 0 Å². The summed E-state index contributed by atoms with van der Waals surface area (Å²) in [4.78, 5) is 0. The molecule has 0 saturated heterocycles. The van der Waals surface area contributed by atoms with Gasteiger partial charge in [-0.3, -0.25) is 0 Å². The van der Waals surface area contributed by atoms with Crippen molar-refractivity contribution in [3.63, 3.8) is 0 Å². The Morgan fingerprint density at radius 2 is 2.00 bits per heavy atom. The molecule has 2 nitrogen and oxygen atoms in total. The van der Waals surface area contributed by atoms with Crippen molar-refractivity contribution in [1.29, 1.82) is 0 Å². The molecular weight excluding hydrogens is 113 g/mol. The summed E-state index contributed by atoms with van der Waals surface area (Å²) in [5.41, 5.74) is -0.144. The van der Waals surface area contributed by atoms with Crippen LogP contribution >= 0.6 is 0 Å². The van der Waals surface area contributed by atoms with Crippen LogP contribution in [0.15, 0.2) is 0 Å². The van der Waals surface area contributed by atoms with Crippen LogP contribution in [0, 0.1) is 0 Å². The Labute approximate surface area is 58.4 Å². The zero-order valence-corrected chi connectivity index (χ0v) is 6.56. The highest BCUT2D eigenvalue weighted by molar-refractivity contribution is 6.04. The summed E-state index contributed by atoms with van der Waals surface area (Å²) in [5.74, 6) is 0. The Balaban J connectivity index is 3.80. The molecule has 52 valence electrons. The molecule has 0 spiro atoms. The van der Waals surface area contributed by atoms with Crippen LogP contribution in [0.3, 0.4) is 0 Å². The van der Waals surface area contributed by atoms with Gasteiger partial charge in [-0.25, -0.2) is 0 Å². The third-order valence-electron chi connectivity index (χ3n) is 1.74. The van der Waals surface area contributed by atoms with Crippen LogP contribution in [0.4, 0.5) is 0 Å². The zero-order valence-electron chi connectivity index (χ0n) is 6.56. The van der Waals surface area contributed by atoms with Crippen LogP contribution in [0.25, 0.3) is 0 Å². The van der Waals surface area contributed by atoms with Crippen molar-refractivity contribution in [2.24, 2.45) is 0 Å². The molecule has 0 rings (SSSR count). The average Bonchev–Trinajstić information content (AvgIpc) is 1.86. The molecule has 3 heteroatoms. The molecule has 0 saturated carbocycles. The second-order valence-electron chi connectivity index (χ2n) is 2.74. The number of hydrogen-bond acceptors (Lipinski definition) is 2. The topological polar surface area (TPSA) is 21.3 Å². The van der Waals surface area contributed by atoms with Crippen LogP contribution < -0.4 is 5.23 Å². The summed E-state index contributed by atoms with van der Waals surface area (Å²) < 4.78 is 5.06. The number of ether oxygens (including phenoxy) is 1. The highest BCUT2D eigenvalue weighted by Gasteiger charge is 2.21. The van der Waals surface area contributed by atoms with Crippen LogP contribution in [0.1, 0.15) is 20.8 Å². The minimum atomic E-state index is -0.144. The average molecular weight is 127 g/mol. The fraction of sp³-hybridized carbons (Fsp3) is 1.00. The Kier molecular flexibility index (Phi) is 3.22. The monoisotopic (exact) mass is 127 g/mol. The second-order valence-corrected chi connectivity index (χ2v) is 2.74. The van der Waals surface area contributed by atoms with Crippen molar-refractivity contribution < 1.29 is 4.74 Å². The van der Waals surface area contributed by atoms with Gasteiger partial charge in [-0.1, -0.05) is 0 Å². The molecule has 2 radical (unpaired) electrons. The van der Waals surface area contributed by atoms with Crippen molar-refractivity contribution in [3.8, 4) is 0 Å². The van der Waals surface area contributed by atoms with Crippen molar-refractivity contribution in [2.45, 2.75) is 32.4 Å². The predicted octanol–water partition coefficient (Wildman–Crippen LogP) is 0.473. The number of rotatable bonds is 3. The Morgan fingerprint density at radius 1 is 1.56 bits per heavy atom. The lowest BCUT2D eigenvalue weighted by atomic mass is 9.96. The van der Waals surface area contributed by atoms with E-state index >= 15 is 0 Å². The molecule has 0 aliphatic rings. The van der Waals surface area contributed by atoms with Gasteiger partial charge in [0.25, 0.3) is 0 Å².